The predicted octanol–water partition coefficient (Wildman–Crippen LogP) is 1.60. The molecule has 0 amide bonds. The van der Waals surface area contributed by atoms with E-state index in [2.05, 4.69) is 14.8 Å². The summed E-state index contributed by atoms with van der Waals surface area (Å²) in [5.41, 5.74) is 3.34. The number of fused-ring (bicyclic) bond motifs is 3. The van der Waals surface area contributed by atoms with Crippen molar-refractivity contribution in [2.75, 3.05) is 46.9 Å². The number of methoxy groups -OCH3 is 1. The maximum atomic E-state index is 13.6. The first-order chi connectivity index (χ1) is 11.6. The average Bonchev–Trinajstić information content (AvgIpc) is 2.90. The Kier molecular flexibility index (Phi) is 5.50. The highest BCUT2D eigenvalue weighted by Gasteiger charge is 2.23. The molecule has 1 aromatic heterocycles. The first-order valence-electron chi connectivity index (χ1n) is 8.43. The summed E-state index contributed by atoms with van der Waals surface area (Å²) >= 11 is 0. The number of aliphatic hydroxyl groups is 1. The van der Waals surface area contributed by atoms with Gasteiger partial charge in [-0.25, -0.2) is 4.39 Å². The molecule has 0 saturated carbocycles. The van der Waals surface area contributed by atoms with Crippen LogP contribution in [0.5, 0.6) is 0 Å². The van der Waals surface area contributed by atoms with Gasteiger partial charge in [0.15, 0.2) is 0 Å². The van der Waals surface area contributed by atoms with Crippen molar-refractivity contribution in [2.45, 2.75) is 19.1 Å². The van der Waals surface area contributed by atoms with Gasteiger partial charge in [0.05, 0.1) is 12.7 Å². The second-order valence-corrected chi connectivity index (χ2v) is 6.67. The monoisotopic (exact) mass is 335 g/mol. The molecule has 2 heterocycles. The molecule has 2 N–H and O–H groups in total. The van der Waals surface area contributed by atoms with Gasteiger partial charge in [0, 0.05) is 62.9 Å². The number of H-pyrrole nitrogens is 1. The van der Waals surface area contributed by atoms with Crippen LogP contribution in [0.15, 0.2) is 18.2 Å². The number of aliphatic hydroxyl groups excluding tert-OH is 1. The molecule has 1 aromatic carbocycles. The van der Waals surface area contributed by atoms with Gasteiger partial charge in [-0.1, -0.05) is 0 Å². The second kappa shape index (κ2) is 7.61. The van der Waals surface area contributed by atoms with Crippen LogP contribution >= 0.6 is 0 Å². The smallest absolute Gasteiger partial charge is 0.123 e. The standard InChI is InChI=1S/C18H26FN3O2/c1-21(7-8-24-2)10-14(23)11-22-6-5-18-16(12-22)15-9-13(19)3-4-17(15)20-18/h3-4,9,14,20,23H,5-8,10-12H2,1-2H3. The molecule has 6 heteroatoms. The number of halogens is 1. The van der Waals surface area contributed by atoms with E-state index in [1.54, 1.807) is 19.2 Å². The van der Waals surface area contributed by atoms with Crippen molar-refractivity contribution in [3.8, 4) is 0 Å². The Morgan fingerprint density at radius 3 is 3.08 bits per heavy atom. The van der Waals surface area contributed by atoms with E-state index in [1.165, 1.54) is 11.8 Å². The maximum absolute atomic E-state index is 13.6. The SMILES string of the molecule is COCCN(C)CC(O)CN1CCc2[nH]c3ccc(F)cc3c2C1. The van der Waals surface area contributed by atoms with Crippen molar-refractivity contribution in [1.82, 2.24) is 14.8 Å². The number of aromatic nitrogens is 1. The van der Waals surface area contributed by atoms with Crippen molar-refractivity contribution in [1.29, 1.82) is 0 Å². The van der Waals surface area contributed by atoms with Crippen LogP contribution in [-0.4, -0.2) is 72.9 Å². The number of benzene rings is 1. The van der Waals surface area contributed by atoms with Gasteiger partial charge < -0.3 is 19.7 Å². The Hall–Kier alpha value is -1.47. The van der Waals surface area contributed by atoms with Gasteiger partial charge in [-0.05, 0) is 30.8 Å². The lowest BCUT2D eigenvalue weighted by molar-refractivity contribution is 0.0677. The number of hydrogen-bond donors (Lipinski definition) is 2. The molecular formula is C18H26FN3O2. The average molecular weight is 335 g/mol. The summed E-state index contributed by atoms with van der Waals surface area (Å²) in [5.74, 6) is -0.207. The van der Waals surface area contributed by atoms with E-state index in [4.69, 9.17) is 4.74 Å². The first kappa shape index (κ1) is 17.4. The molecule has 0 saturated heterocycles. The zero-order chi connectivity index (χ0) is 17.1. The fraction of sp³-hybridized carbons (Fsp3) is 0.556. The van der Waals surface area contributed by atoms with Crippen LogP contribution < -0.4 is 0 Å². The van der Waals surface area contributed by atoms with Crippen LogP contribution in [0.3, 0.4) is 0 Å². The van der Waals surface area contributed by atoms with Crippen molar-refractivity contribution >= 4 is 10.9 Å². The van der Waals surface area contributed by atoms with E-state index in [0.29, 0.717) is 19.7 Å². The number of nitrogens with zero attached hydrogens (tertiary/aromatic N) is 2. The quantitative estimate of drug-likeness (QED) is 0.807. The van der Waals surface area contributed by atoms with Crippen molar-refractivity contribution in [3.05, 3.63) is 35.3 Å². The van der Waals surface area contributed by atoms with E-state index < -0.39 is 6.10 Å². The van der Waals surface area contributed by atoms with Crippen molar-refractivity contribution < 1.29 is 14.2 Å². The molecule has 1 aliphatic rings. The summed E-state index contributed by atoms with van der Waals surface area (Å²) < 4.78 is 18.6. The van der Waals surface area contributed by atoms with E-state index in [-0.39, 0.29) is 5.82 Å². The largest absolute Gasteiger partial charge is 0.390 e. The van der Waals surface area contributed by atoms with Crippen LogP contribution in [0.25, 0.3) is 10.9 Å². The number of nitrogens with one attached hydrogen (secondary N) is 1. The van der Waals surface area contributed by atoms with Gasteiger partial charge in [-0.2, -0.15) is 0 Å². The molecule has 0 bridgehead atoms. The molecule has 1 aliphatic heterocycles. The number of β-amino-alcohol motifs (C(OH)–C–C–N with tert-alkyl or cyclic N) is 1. The van der Waals surface area contributed by atoms with Crippen LogP contribution in [0.1, 0.15) is 11.3 Å². The Morgan fingerprint density at radius 2 is 2.29 bits per heavy atom. The summed E-state index contributed by atoms with van der Waals surface area (Å²) in [5, 5.41) is 11.3. The van der Waals surface area contributed by atoms with Crippen molar-refractivity contribution in [3.63, 3.8) is 0 Å². The highest BCUT2D eigenvalue weighted by Crippen LogP contribution is 2.28. The van der Waals surface area contributed by atoms with Crippen LogP contribution in [0, 0.1) is 5.82 Å². The Labute approximate surface area is 142 Å². The fourth-order valence-corrected chi connectivity index (χ4v) is 3.45. The lowest BCUT2D eigenvalue weighted by Gasteiger charge is -2.30. The minimum absolute atomic E-state index is 0.207. The van der Waals surface area contributed by atoms with Gasteiger partial charge in [0.25, 0.3) is 0 Å². The summed E-state index contributed by atoms with van der Waals surface area (Å²) in [6.45, 7) is 4.36. The Bertz CT molecular complexity index is 688. The molecule has 1 atom stereocenters. The van der Waals surface area contributed by atoms with Crippen LogP contribution in [0.2, 0.25) is 0 Å². The summed E-state index contributed by atoms with van der Waals surface area (Å²) in [6, 6.07) is 4.89. The molecule has 0 aliphatic carbocycles. The minimum Gasteiger partial charge on any atom is -0.390 e. The van der Waals surface area contributed by atoms with E-state index in [1.807, 2.05) is 7.05 Å². The normalized spacial score (nSPS) is 16.7. The third kappa shape index (κ3) is 3.95. The van der Waals surface area contributed by atoms with Gasteiger partial charge >= 0.3 is 0 Å². The van der Waals surface area contributed by atoms with Gasteiger partial charge in [-0.3, -0.25) is 4.90 Å². The molecule has 0 radical (unpaired) electrons. The Balaban J connectivity index is 1.62. The van der Waals surface area contributed by atoms with E-state index in [0.717, 1.165) is 42.5 Å². The third-order valence-corrected chi connectivity index (χ3v) is 4.68. The van der Waals surface area contributed by atoms with Crippen LogP contribution in [0.4, 0.5) is 4.39 Å². The summed E-state index contributed by atoms with van der Waals surface area (Å²) in [4.78, 5) is 7.71. The topological polar surface area (TPSA) is 51.7 Å². The predicted molar refractivity (Wildman–Crippen MR) is 92.6 cm³/mol. The Morgan fingerprint density at radius 1 is 1.46 bits per heavy atom. The number of aromatic amines is 1. The van der Waals surface area contributed by atoms with E-state index >= 15 is 0 Å². The fourth-order valence-electron chi connectivity index (χ4n) is 3.45. The highest BCUT2D eigenvalue weighted by molar-refractivity contribution is 5.84. The molecule has 2 aromatic rings. The summed E-state index contributed by atoms with van der Waals surface area (Å²) in [7, 11) is 3.67. The van der Waals surface area contributed by atoms with Gasteiger partial charge in [0.1, 0.15) is 5.82 Å². The number of hydrogen-bond acceptors (Lipinski definition) is 4. The van der Waals surface area contributed by atoms with Crippen LogP contribution in [-0.2, 0) is 17.7 Å². The molecule has 132 valence electrons. The van der Waals surface area contributed by atoms with Gasteiger partial charge in [0.2, 0.25) is 0 Å². The lowest BCUT2D eigenvalue weighted by Crippen LogP contribution is -2.41. The third-order valence-electron chi connectivity index (χ3n) is 4.68. The van der Waals surface area contributed by atoms with E-state index in [9.17, 15) is 9.50 Å². The maximum Gasteiger partial charge on any atom is 0.123 e. The second-order valence-electron chi connectivity index (χ2n) is 6.67. The molecule has 0 spiro atoms. The van der Waals surface area contributed by atoms with Gasteiger partial charge in [-0.15, -0.1) is 0 Å². The first-order valence-corrected chi connectivity index (χ1v) is 8.43. The van der Waals surface area contributed by atoms with Crippen molar-refractivity contribution in [2.24, 2.45) is 0 Å². The molecule has 24 heavy (non-hydrogen) atoms. The summed E-state index contributed by atoms with van der Waals surface area (Å²) in [6.07, 6.45) is 0.494. The molecular weight excluding hydrogens is 309 g/mol. The highest BCUT2D eigenvalue weighted by atomic mass is 19.1. The zero-order valence-corrected chi connectivity index (χ0v) is 14.4. The minimum atomic E-state index is -0.407. The molecule has 5 nitrogen and oxygen atoms in total. The molecule has 1 unspecified atom stereocenters. The lowest BCUT2D eigenvalue weighted by atomic mass is 10.0. The number of likely N-dealkylation sites (N-methyl/N-ethyl adjacent to an activating group) is 1. The molecule has 0 fully saturated rings. The molecule has 3 rings (SSSR count). The number of rotatable bonds is 7. The zero-order valence-electron chi connectivity index (χ0n) is 14.4. The number of ether oxygens (including phenoxy) is 1.